The molecule has 0 aliphatic heterocycles. The van der Waals surface area contributed by atoms with E-state index in [0.29, 0.717) is 6.61 Å². The first kappa shape index (κ1) is 13.3. The molecule has 1 aromatic carbocycles. The largest absolute Gasteiger partial charge is 0.382 e. The monoisotopic (exact) mass is 272 g/mol. The van der Waals surface area contributed by atoms with E-state index in [4.69, 9.17) is 4.74 Å². The molecule has 1 aliphatic carbocycles. The van der Waals surface area contributed by atoms with E-state index in [1.807, 2.05) is 29.7 Å². The standard InChI is InChI=1S/C16H20N2O2/c1-12-6-5-7-13-14(12)15(19)18(11-17-13)16(10-20-2)8-3-4-9-16/h5-7,11H,3-4,8-10H2,1-2H3. The Morgan fingerprint density at radius 1 is 1.35 bits per heavy atom. The number of nitrogens with zero attached hydrogens (tertiary/aromatic N) is 2. The number of hydrogen-bond donors (Lipinski definition) is 0. The topological polar surface area (TPSA) is 44.1 Å². The smallest absolute Gasteiger partial charge is 0.262 e. The van der Waals surface area contributed by atoms with Gasteiger partial charge in [-0.25, -0.2) is 4.98 Å². The Morgan fingerprint density at radius 2 is 2.10 bits per heavy atom. The zero-order valence-electron chi connectivity index (χ0n) is 12.1. The number of aromatic nitrogens is 2. The summed E-state index contributed by atoms with van der Waals surface area (Å²) in [5.74, 6) is 0. The highest BCUT2D eigenvalue weighted by atomic mass is 16.5. The van der Waals surface area contributed by atoms with Gasteiger partial charge in [0, 0.05) is 7.11 Å². The number of rotatable bonds is 3. The lowest BCUT2D eigenvalue weighted by Gasteiger charge is -2.30. The highest BCUT2D eigenvalue weighted by Crippen LogP contribution is 2.36. The van der Waals surface area contributed by atoms with Crippen LogP contribution in [-0.4, -0.2) is 23.3 Å². The van der Waals surface area contributed by atoms with Crippen LogP contribution in [-0.2, 0) is 10.3 Å². The highest BCUT2D eigenvalue weighted by molar-refractivity contribution is 5.80. The molecule has 4 nitrogen and oxygen atoms in total. The van der Waals surface area contributed by atoms with Crippen LogP contribution in [0.4, 0.5) is 0 Å². The summed E-state index contributed by atoms with van der Waals surface area (Å²) in [6.07, 6.45) is 5.96. The van der Waals surface area contributed by atoms with Crippen molar-refractivity contribution >= 4 is 10.9 Å². The van der Waals surface area contributed by atoms with Crippen molar-refractivity contribution in [1.29, 1.82) is 0 Å². The van der Waals surface area contributed by atoms with Crippen LogP contribution in [0.5, 0.6) is 0 Å². The number of ether oxygens (including phenoxy) is 1. The predicted octanol–water partition coefficient (Wildman–Crippen LogP) is 2.62. The number of methoxy groups -OCH3 is 1. The highest BCUT2D eigenvalue weighted by Gasteiger charge is 2.37. The molecular weight excluding hydrogens is 252 g/mol. The quantitative estimate of drug-likeness (QED) is 0.862. The minimum atomic E-state index is -0.213. The van der Waals surface area contributed by atoms with Crippen LogP contribution >= 0.6 is 0 Å². The number of benzene rings is 1. The Balaban J connectivity index is 2.24. The number of aryl methyl sites for hydroxylation is 1. The molecule has 0 N–H and O–H groups in total. The molecule has 0 radical (unpaired) electrons. The van der Waals surface area contributed by atoms with Crippen molar-refractivity contribution in [3.05, 3.63) is 40.4 Å². The van der Waals surface area contributed by atoms with E-state index in [1.165, 1.54) is 0 Å². The molecule has 2 aromatic rings. The summed E-state index contributed by atoms with van der Waals surface area (Å²) in [6, 6.07) is 5.80. The zero-order chi connectivity index (χ0) is 14.2. The van der Waals surface area contributed by atoms with Gasteiger partial charge in [-0.05, 0) is 31.4 Å². The summed E-state index contributed by atoms with van der Waals surface area (Å²) < 4.78 is 7.21. The van der Waals surface area contributed by atoms with Crippen LogP contribution in [0.3, 0.4) is 0 Å². The summed E-state index contributed by atoms with van der Waals surface area (Å²) in [7, 11) is 1.70. The molecule has 0 spiro atoms. The van der Waals surface area contributed by atoms with Gasteiger partial charge in [0.05, 0.1) is 29.4 Å². The maximum absolute atomic E-state index is 12.9. The maximum atomic E-state index is 12.9. The van der Waals surface area contributed by atoms with E-state index in [9.17, 15) is 4.79 Å². The first-order chi connectivity index (χ1) is 9.68. The van der Waals surface area contributed by atoms with E-state index < -0.39 is 0 Å². The van der Waals surface area contributed by atoms with Gasteiger partial charge in [-0.15, -0.1) is 0 Å². The lowest BCUT2D eigenvalue weighted by molar-refractivity contribution is 0.0867. The normalized spacial score (nSPS) is 17.7. The van der Waals surface area contributed by atoms with E-state index in [0.717, 1.165) is 42.1 Å². The fraction of sp³-hybridized carbons (Fsp3) is 0.500. The molecule has 1 heterocycles. The van der Waals surface area contributed by atoms with Gasteiger partial charge in [-0.3, -0.25) is 9.36 Å². The van der Waals surface area contributed by atoms with E-state index in [2.05, 4.69) is 4.98 Å². The third-order valence-corrected chi connectivity index (χ3v) is 4.45. The van der Waals surface area contributed by atoms with E-state index >= 15 is 0 Å². The van der Waals surface area contributed by atoms with Crippen LogP contribution in [0.15, 0.2) is 29.3 Å². The molecule has 0 saturated heterocycles. The second-order valence-electron chi connectivity index (χ2n) is 5.75. The van der Waals surface area contributed by atoms with Gasteiger partial charge in [0.1, 0.15) is 0 Å². The van der Waals surface area contributed by atoms with Crippen molar-refractivity contribution in [3.63, 3.8) is 0 Å². The van der Waals surface area contributed by atoms with E-state index in [1.54, 1.807) is 13.4 Å². The molecule has 1 aromatic heterocycles. The molecule has 0 unspecified atom stereocenters. The van der Waals surface area contributed by atoms with Gasteiger partial charge in [-0.1, -0.05) is 25.0 Å². The van der Waals surface area contributed by atoms with Crippen molar-refractivity contribution in [1.82, 2.24) is 9.55 Å². The molecule has 20 heavy (non-hydrogen) atoms. The first-order valence-corrected chi connectivity index (χ1v) is 7.14. The van der Waals surface area contributed by atoms with Gasteiger partial charge in [0.2, 0.25) is 0 Å². The Bertz CT molecular complexity index is 684. The first-order valence-electron chi connectivity index (χ1n) is 7.14. The minimum Gasteiger partial charge on any atom is -0.382 e. The summed E-state index contributed by atoms with van der Waals surface area (Å²) in [6.45, 7) is 2.54. The van der Waals surface area contributed by atoms with E-state index in [-0.39, 0.29) is 11.1 Å². The SMILES string of the molecule is COCC1(n2cnc3cccc(C)c3c2=O)CCCC1. The fourth-order valence-electron chi connectivity index (χ4n) is 3.43. The average molecular weight is 272 g/mol. The molecule has 0 amide bonds. The number of hydrogen-bond acceptors (Lipinski definition) is 3. The summed E-state index contributed by atoms with van der Waals surface area (Å²) >= 11 is 0. The molecular formula is C16H20N2O2. The predicted molar refractivity (Wildman–Crippen MR) is 79.1 cm³/mol. The van der Waals surface area contributed by atoms with Crippen LogP contribution in [0, 0.1) is 6.92 Å². The van der Waals surface area contributed by atoms with Crippen molar-refractivity contribution in [2.45, 2.75) is 38.1 Å². The fourth-order valence-corrected chi connectivity index (χ4v) is 3.43. The van der Waals surface area contributed by atoms with Crippen LogP contribution in [0.25, 0.3) is 10.9 Å². The molecule has 0 atom stereocenters. The van der Waals surface area contributed by atoms with Crippen LogP contribution in [0.2, 0.25) is 0 Å². The Morgan fingerprint density at radius 3 is 2.80 bits per heavy atom. The van der Waals surface area contributed by atoms with Gasteiger partial charge in [0.15, 0.2) is 0 Å². The van der Waals surface area contributed by atoms with Crippen LogP contribution < -0.4 is 5.56 Å². The molecule has 1 fully saturated rings. The molecule has 1 saturated carbocycles. The number of fused-ring (bicyclic) bond motifs is 1. The van der Waals surface area contributed by atoms with Gasteiger partial charge >= 0.3 is 0 Å². The minimum absolute atomic E-state index is 0.0621. The van der Waals surface area contributed by atoms with Crippen LogP contribution in [0.1, 0.15) is 31.2 Å². The lowest BCUT2D eigenvalue weighted by atomic mass is 9.98. The molecule has 106 valence electrons. The van der Waals surface area contributed by atoms with Gasteiger partial charge in [-0.2, -0.15) is 0 Å². The molecule has 0 bridgehead atoms. The summed E-state index contributed by atoms with van der Waals surface area (Å²) in [5.41, 5.74) is 1.61. The lowest BCUT2D eigenvalue weighted by Crippen LogP contribution is -2.42. The third kappa shape index (κ3) is 1.95. The second-order valence-corrected chi connectivity index (χ2v) is 5.75. The maximum Gasteiger partial charge on any atom is 0.262 e. The van der Waals surface area contributed by atoms with Gasteiger partial charge < -0.3 is 4.74 Å². The van der Waals surface area contributed by atoms with Gasteiger partial charge in [0.25, 0.3) is 5.56 Å². The molecule has 1 aliphatic rings. The van der Waals surface area contributed by atoms with Crippen molar-refractivity contribution in [3.8, 4) is 0 Å². The van der Waals surface area contributed by atoms with Crippen molar-refractivity contribution in [2.75, 3.05) is 13.7 Å². The van der Waals surface area contributed by atoms with Crippen molar-refractivity contribution < 1.29 is 4.74 Å². The Hall–Kier alpha value is -1.68. The Kier molecular flexibility index (Phi) is 3.34. The second kappa shape index (κ2) is 5.02. The Labute approximate surface area is 118 Å². The summed E-state index contributed by atoms with van der Waals surface area (Å²) in [4.78, 5) is 17.4. The summed E-state index contributed by atoms with van der Waals surface area (Å²) in [5, 5.41) is 0.734. The average Bonchev–Trinajstić information content (AvgIpc) is 2.89. The molecule has 3 rings (SSSR count). The zero-order valence-corrected chi connectivity index (χ0v) is 12.1. The molecule has 4 heteroatoms. The van der Waals surface area contributed by atoms with Crippen molar-refractivity contribution in [2.24, 2.45) is 0 Å². The third-order valence-electron chi connectivity index (χ3n) is 4.45.